The van der Waals surface area contributed by atoms with Crippen LogP contribution in [0, 0.1) is 0 Å². The van der Waals surface area contributed by atoms with Crippen LogP contribution in [0.3, 0.4) is 0 Å². The lowest BCUT2D eigenvalue weighted by Crippen LogP contribution is -2.52. The minimum absolute atomic E-state index is 0.0758. The van der Waals surface area contributed by atoms with E-state index in [9.17, 15) is 4.79 Å². The fourth-order valence-corrected chi connectivity index (χ4v) is 3.51. The number of nitrogens with zero attached hydrogens (tertiary/aromatic N) is 2. The molecule has 1 saturated carbocycles. The largest absolute Gasteiger partial charge is 0.497 e. The third-order valence-electron chi connectivity index (χ3n) is 4.93. The fraction of sp³-hybridized carbons (Fsp3) is 0.611. The van der Waals surface area contributed by atoms with Gasteiger partial charge < -0.3 is 14.4 Å². The maximum Gasteiger partial charge on any atom is 0.260 e. The SMILES string of the molecule is COc1ccc(OCC(=O)N2CCN(C3CCCC3)CC2)cc1. The van der Waals surface area contributed by atoms with Gasteiger partial charge in [0.25, 0.3) is 5.91 Å². The Balaban J connectivity index is 1.42. The molecule has 0 radical (unpaired) electrons. The van der Waals surface area contributed by atoms with Crippen LogP contribution in [0.1, 0.15) is 25.7 Å². The zero-order valence-electron chi connectivity index (χ0n) is 13.9. The molecule has 2 aliphatic rings. The molecule has 5 heteroatoms. The smallest absolute Gasteiger partial charge is 0.260 e. The lowest BCUT2D eigenvalue weighted by molar-refractivity contribution is -0.135. The molecule has 3 rings (SSSR count). The number of methoxy groups -OCH3 is 1. The highest BCUT2D eigenvalue weighted by molar-refractivity contribution is 5.77. The van der Waals surface area contributed by atoms with Crippen LogP contribution in [0.2, 0.25) is 0 Å². The summed E-state index contributed by atoms with van der Waals surface area (Å²) in [6, 6.07) is 8.07. The normalized spacial score (nSPS) is 19.8. The molecule has 0 spiro atoms. The Hall–Kier alpha value is -1.75. The summed E-state index contributed by atoms with van der Waals surface area (Å²) in [5.41, 5.74) is 0. The van der Waals surface area contributed by atoms with Crippen LogP contribution < -0.4 is 9.47 Å². The van der Waals surface area contributed by atoms with Crippen LogP contribution in [0.4, 0.5) is 0 Å². The molecule has 23 heavy (non-hydrogen) atoms. The van der Waals surface area contributed by atoms with E-state index in [1.165, 1.54) is 25.7 Å². The van der Waals surface area contributed by atoms with Crippen LogP contribution in [-0.2, 0) is 4.79 Å². The Kier molecular flexibility index (Phi) is 5.39. The zero-order chi connectivity index (χ0) is 16.1. The molecule has 0 aromatic heterocycles. The van der Waals surface area contributed by atoms with E-state index in [1.54, 1.807) is 7.11 Å². The Morgan fingerprint density at radius 3 is 2.26 bits per heavy atom. The third kappa shape index (κ3) is 4.16. The molecule has 1 saturated heterocycles. The second-order valence-corrected chi connectivity index (χ2v) is 6.32. The van der Waals surface area contributed by atoms with Gasteiger partial charge in [0, 0.05) is 32.2 Å². The first-order chi connectivity index (χ1) is 11.3. The molecular formula is C18H26N2O3. The number of carbonyl (C=O) groups excluding carboxylic acids is 1. The van der Waals surface area contributed by atoms with Gasteiger partial charge in [0.1, 0.15) is 11.5 Å². The number of piperazine rings is 1. The molecule has 2 fully saturated rings. The molecule has 1 aromatic rings. The maximum absolute atomic E-state index is 12.3. The summed E-state index contributed by atoms with van der Waals surface area (Å²) in [6.07, 6.45) is 5.38. The summed E-state index contributed by atoms with van der Waals surface area (Å²) >= 11 is 0. The van der Waals surface area contributed by atoms with Crippen LogP contribution >= 0.6 is 0 Å². The summed E-state index contributed by atoms with van der Waals surface area (Å²) in [5.74, 6) is 1.56. The van der Waals surface area contributed by atoms with Crippen molar-refractivity contribution in [3.63, 3.8) is 0 Å². The van der Waals surface area contributed by atoms with E-state index < -0.39 is 0 Å². The van der Waals surface area contributed by atoms with Crippen molar-refractivity contribution in [1.29, 1.82) is 0 Å². The van der Waals surface area contributed by atoms with Crippen molar-refractivity contribution in [2.75, 3.05) is 39.9 Å². The lowest BCUT2D eigenvalue weighted by atomic mass is 10.2. The number of hydrogen-bond donors (Lipinski definition) is 0. The van der Waals surface area contributed by atoms with E-state index >= 15 is 0 Å². The highest BCUT2D eigenvalue weighted by Gasteiger charge is 2.27. The van der Waals surface area contributed by atoms with Crippen molar-refractivity contribution in [1.82, 2.24) is 9.80 Å². The van der Waals surface area contributed by atoms with E-state index in [4.69, 9.17) is 9.47 Å². The van der Waals surface area contributed by atoms with Gasteiger partial charge in [0.15, 0.2) is 6.61 Å². The van der Waals surface area contributed by atoms with Crippen LogP contribution in [0.25, 0.3) is 0 Å². The second-order valence-electron chi connectivity index (χ2n) is 6.32. The van der Waals surface area contributed by atoms with Gasteiger partial charge in [0.2, 0.25) is 0 Å². The summed E-state index contributed by atoms with van der Waals surface area (Å²) in [7, 11) is 1.63. The van der Waals surface area contributed by atoms with E-state index in [2.05, 4.69) is 4.90 Å². The monoisotopic (exact) mass is 318 g/mol. The molecule has 5 nitrogen and oxygen atoms in total. The molecular weight excluding hydrogens is 292 g/mol. The maximum atomic E-state index is 12.3. The predicted octanol–water partition coefficient (Wildman–Crippen LogP) is 2.16. The molecule has 1 aliphatic heterocycles. The van der Waals surface area contributed by atoms with E-state index in [0.717, 1.165) is 38.0 Å². The van der Waals surface area contributed by atoms with Crippen LogP contribution in [0.15, 0.2) is 24.3 Å². The highest BCUT2D eigenvalue weighted by Crippen LogP contribution is 2.24. The number of rotatable bonds is 5. The van der Waals surface area contributed by atoms with Gasteiger partial charge in [-0.1, -0.05) is 12.8 Å². The number of hydrogen-bond acceptors (Lipinski definition) is 4. The lowest BCUT2D eigenvalue weighted by Gasteiger charge is -2.38. The Bertz CT molecular complexity index is 504. The average Bonchev–Trinajstić information content (AvgIpc) is 3.15. The molecule has 0 N–H and O–H groups in total. The topological polar surface area (TPSA) is 42.0 Å². The summed E-state index contributed by atoms with van der Waals surface area (Å²) < 4.78 is 10.7. The Morgan fingerprint density at radius 1 is 1.04 bits per heavy atom. The molecule has 1 heterocycles. The van der Waals surface area contributed by atoms with E-state index in [0.29, 0.717) is 5.75 Å². The van der Waals surface area contributed by atoms with Gasteiger partial charge in [-0.25, -0.2) is 0 Å². The van der Waals surface area contributed by atoms with E-state index in [-0.39, 0.29) is 12.5 Å². The average molecular weight is 318 g/mol. The van der Waals surface area contributed by atoms with Crippen LogP contribution in [-0.4, -0.2) is 61.6 Å². The first-order valence-corrected chi connectivity index (χ1v) is 8.55. The van der Waals surface area contributed by atoms with Gasteiger partial charge in [0.05, 0.1) is 7.11 Å². The van der Waals surface area contributed by atoms with Crippen molar-refractivity contribution >= 4 is 5.91 Å². The standard InChI is InChI=1S/C18H26N2O3/c1-22-16-6-8-17(9-7-16)23-14-18(21)20-12-10-19(11-13-20)15-4-2-3-5-15/h6-9,15H,2-5,10-14H2,1H3. The first kappa shape index (κ1) is 16.1. The predicted molar refractivity (Wildman–Crippen MR) is 88.9 cm³/mol. The van der Waals surface area contributed by atoms with Crippen molar-refractivity contribution in [3.05, 3.63) is 24.3 Å². The number of carbonyl (C=O) groups is 1. The highest BCUT2D eigenvalue weighted by atomic mass is 16.5. The van der Waals surface area contributed by atoms with Gasteiger partial charge >= 0.3 is 0 Å². The van der Waals surface area contributed by atoms with Gasteiger partial charge in [-0.2, -0.15) is 0 Å². The zero-order valence-corrected chi connectivity index (χ0v) is 13.9. The Morgan fingerprint density at radius 2 is 1.65 bits per heavy atom. The van der Waals surface area contributed by atoms with Gasteiger partial charge in [-0.15, -0.1) is 0 Å². The van der Waals surface area contributed by atoms with Crippen molar-refractivity contribution < 1.29 is 14.3 Å². The summed E-state index contributed by atoms with van der Waals surface area (Å²) in [6.45, 7) is 3.75. The third-order valence-corrected chi connectivity index (χ3v) is 4.93. The van der Waals surface area contributed by atoms with Crippen LogP contribution in [0.5, 0.6) is 11.5 Å². The molecule has 1 aliphatic carbocycles. The molecule has 0 atom stereocenters. The molecule has 1 amide bonds. The quantitative estimate of drug-likeness (QED) is 0.834. The second kappa shape index (κ2) is 7.68. The molecule has 126 valence electrons. The summed E-state index contributed by atoms with van der Waals surface area (Å²) in [4.78, 5) is 16.8. The van der Waals surface area contributed by atoms with Crippen molar-refractivity contribution in [2.45, 2.75) is 31.7 Å². The first-order valence-electron chi connectivity index (χ1n) is 8.55. The van der Waals surface area contributed by atoms with Gasteiger partial charge in [-0.05, 0) is 37.1 Å². The minimum Gasteiger partial charge on any atom is -0.497 e. The number of ether oxygens (including phenoxy) is 2. The minimum atomic E-state index is 0.0758. The van der Waals surface area contributed by atoms with Gasteiger partial charge in [-0.3, -0.25) is 9.69 Å². The molecule has 0 unspecified atom stereocenters. The fourth-order valence-electron chi connectivity index (χ4n) is 3.51. The molecule has 0 bridgehead atoms. The number of amides is 1. The summed E-state index contributed by atoms with van der Waals surface area (Å²) in [5, 5.41) is 0. The number of benzene rings is 1. The van der Waals surface area contributed by atoms with E-state index in [1.807, 2.05) is 29.2 Å². The van der Waals surface area contributed by atoms with Crippen molar-refractivity contribution in [2.24, 2.45) is 0 Å². The Labute approximate surface area is 138 Å². The van der Waals surface area contributed by atoms with Crippen molar-refractivity contribution in [3.8, 4) is 11.5 Å². The molecule has 1 aromatic carbocycles.